The molecule has 1 aliphatic heterocycles. The molecular formula is C20H18N2O2. The number of hydrogen-bond donors (Lipinski definition) is 1. The summed E-state index contributed by atoms with van der Waals surface area (Å²) in [6.07, 6.45) is 0. The van der Waals surface area contributed by atoms with Gasteiger partial charge in [0.05, 0.1) is 0 Å². The zero-order valence-corrected chi connectivity index (χ0v) is 13.2. The highest BCUT2D eigenvalue weighted by molar-refractivity contribution is 6.01. The summed E-state index contributed by atoms with van der Waals surface area (Å²) in [5, 5.41) is 0.890. The molecule has 0 amide bonds. The summed E-state index contributed by atoms with van der Waals surface area (Å²) in [4.78, 5) is 29.0. The van der Waals surface area contributed by atoms with Gasteiger partial charge in [-0.25, -0.2) is 0 Å². The number of aromatic nitrogens is 1. The van der Waals surface area contributed by atoms with E-state index in [4.69, 9.17) is 0 Å². The van der Waals surface area contributed by atoms with Gasteiger partial charge in [0, 0.05) is 42.7 Å². The SMILES string of the molecule is O=C(c1ccc2[nH]c(=O)ccc2c1)C1CN(Cc2ccccc2)C1. The number of H-pyrrole nitrogens is 1. The average molecular weight is 318 g/mol. The van der Waals surface area contributed by atoms with E-state index in [1.165, 1.54) is 11.6 Å². The van der Waals surface area contributed by atoms with Crippen LogP contribution in [0.15, 0.2) is 65.5 Å². The van der Waals surface area contributed by atoms with Crippen LogP contribution in [0.4, 0.5) is 0 Å². The molecule has 2 aromatic carbocycles. The van der Waals surface area contributed by atoms with Gasteiger partial charge < -0.3 is 4.98 Å². The van der Waals surface area contributed by atoms with Gasteiger partial charge in [-0.05, 0) is 35.2 Å². The number of pyridine rings is 1. The third-order valence-electron chi connectivity index (χ3n) is 4.59. The topological polar surface area (TPSA) is 53.2 Å². The minimum atomic E-state index is -0.128. The smallest absolute Gasteiger partial charge is 0.248 e. The fraction of sp³-hybridized carbons (Fsp3) is 0.200. The molecule has 0 unspecified atom stereocenters. The second-order valence-electron chi connectivity index (χ2n) is 6.37. The first-order valence-corrected chi connectivity index (χ1v) is 8.13. The summed E-state index contributed by atoms with van der Waals surface area (Å²) < 4.78 is 0. The molecule has 120 valence electrons. The molecule has 0 radical (unpaired) electrons. The molecule has 1 aliphatic rings. The Morgan fingerprint density at radius 3 is 2.62 bits per heavy atom. The Kier molecular flexibility index (Phi) is 3.75. The van der Waals surface area contributed by atoms with E-state index in [0.717, 1.165) is 36.1 Å². The van der Waals surface area contributed by atoms with Crippen LogP contribution in [-0.2, 0) is 6.54 Å². The second kappa shape index (κ2) is 6.06. The van der Waals surface area contributed by atoms with Crippen LogP contribution in [0.3, 0.4) is 0 Å². The van der Waals surface area contributed by atoms with Crippen molar-refractivity contribution in [2.45, 2.75) is 6.54 Å². The zero-order valence-electron chi connectivity index (χ0n) is 13.2. The molecule has 2 heterocycles. The fourth-order valence-corrected chi connectivity index (χ4v) is 3.25. The van der Waals surface area contributed by atoms with Crippen molar-refractivity contribution in [3.05, 3.63) is 82.1 Å². The Hall–Kier alpha value is -2.72. The van der Waals surface area contributed by atoms with Crippen molar-refractivity contribution in [2.24, 2.45) is 5.92 Å². The average Bonchev–Trinajstić information content (AvgIpc) is 2.57. The number of fused-ring (bicyclic) bond motifs is 1. The van der Waals surface area contributed by atoms with Crippen LogP contribution in [0.25, 0.3) is 10.9 Å². The minimum absolute atomic E-state index is 0.0638. The molecule has 3 aromatic rings. The van der Waals surface area contributed by atoms with Crippen molar-refractivity contribution >= 4 is 16.7 Å². The molecule has 4 rings (SSSR count). The number of nitrogens with zero attached hydrogens (tertiary/aromatic N) is 1. The van der Waals surface area contributed by atoms with Gasteiger partial charge in [0.1, 0.15) is 0 Å². The van der Waals surface area contributed by atoms with Gasteiger partial charge in [0.2, 0.25) is 5.56 Å². The van der Waals surface area contributed by atoms with Crippen molar-refractivity contribution in [3.8, 4) is 0 Å². The predicted molar refractivity (Wildman–Crippen MR) is 94.1 cm³/mol. The van der Waals surface area contributed by atoms with Gasteiger partial charge in [-0.15, -0.1) is 0 Å². The predicted octanol–water partition coefficient (Wildman–Crippen LogP) is 2.84. The van der Waals surface area contributed by atoms with E-state index in [-0.39, 0.29) is 17.3 Å². The summed E-state index contributed by atoms with van der Waals surface area (Å²) in [6.45, 7) is 2.50. The summed E-state index contributed by atoms with van der Waals surface area (Å²) in [6, 6.07) is 19.0. The number of carbonyl (C=O) groups is 1. The lowest BCUT2D eigenvalue weighted by Crippen LogP contribution is -2.49. The third kappa shape index (κ3) is 2.88. The Bertz CT molecular complexity index is 941. The number of hydrogen-bond acceptors (Lipinski definition) is 3. The number of likely N-dealkylation sites (tertiary alicyclic amines) is 1. The molecule has 1 aromatic heterocycles. The van der Waals surface area contributed by atoms with Crippen molar-refractivity contribution in [3.63, 3.8) is 0 Å². The van der Waals surface area contributed by atoms with Crippen LogP contribution >= 0.6 is 0 Å². The Labute approximate surface area is 139 Å². The molecule has 0 bridgehead atoms. The van der Waals surface area contributed by atoms with Gasteiger partial charge in [-0.3, -0.25) is 14.5 Å². The minimum Gasteiger partial charge on any atom is -0.322 e. The molecule has 1 N–H and O–H groups in total. The number of ketones is 1. The summed E-state index contributed by atoms with van der Waals surface area (Å²) in [5.74, 6) is 0.251. The molecule has 24 heavy (non-hydrogen) atoms. The quantitative estimate of drug-likeness (QED) is 0.753. The molecule has 0 aliphatic carbocycles. The first-order chi connectivity index (χ1) is 11.7. The Morgan fingerprint density at radius 1 is 1.04 bits per heavy atom. The fourth-order valence-electron chi connectivity index (χ4n) is 3.25. The lowest BCUT2D eigenvalue weighted by Gasteiger charge is -2.38. The lowest BCUT2D eigenvalue weighted by atomic mass is 9.90. The summed E-state index contributed by atoms with van der Waals surface area (Å²) in [5.41, 5.74) is 2.63. The zero-order chi connectivity index (χ0) is 16.5. The van der Waals surface area contributed by atoms with E-state index in [1.807, 2.05) is 30.3 Å². The summed E-state index contributed by atoms with van der Waals surface area (Å²) in [7, 11) is 0. The molecule has 0 spiro atoms. The van der Waals surface area contributed by atoms with Crippen LogP contribution in [0.1, 0.15) is 15.9 Å². The first-order valence-electron chi connectivity index (χ1n) is 8.13. The Morgan fingerprint density at radius 2 is 1.83 bits per heavy atom. The van der Waals surface area contributed by atoms with Gasteiger partial charge in [0.25, 0.3) is 0 Å². The molecule has 4 nitrogen and oxygen atoms in total. The van der Waals surface area contributed by atoms with Crippen LogP contribution in [0, 0.1) is 5.92 Å². The number of rotatable bonds is 4. The number of benzene rings is 2. The maximum absolute atomic E-state index is 12.6. The van der Waals surface area contributed by atoms with E-state index in [1.54, 1.807) is 12.1 Å². The van der Waals surface area contributed by atoms with Crippen LogP contribution in [0.5, 0.6) is 0 Å². The highest BCUT2D eigenvalue weighted by Crippen LogP contribution is 2.24. The second-order valence-corrected chi connectivity index (χ2v) is 6.37. The molecule has 0 atom stereocenters. The maximum atomic E-state index is 12.6. The number of nitrogens with one attached hydrogen (secondary N) is 1. The number of Topliss-reactive ketones (excluding diaryl/α,β-unsaturated/α-hetero) is 1. The number of carbonyl (C=O) groups excluding carboxylic acids is 1. The normalized spacial score (nSPS) is 15.3. The molecule has 0 saturated carbocycles. The van der Waals surface area contributed by atoms with Crippen LogP contribution < -0.4 is 5.56 Å². The van der Waals surface area contributed by atoms with E-state index in [9.17, 15) is 9.59 Å². The highest BCUT2D eigenvalue weighted by atomic mass is 16.1. The molecule has 1 saturated heterocycles. The van der Waals surface area contributed by atoms with Gasteiger partial charge in [-0.2, -0.15) is 0 Å². The molecular weight excluding hydrogens is 300 g/mol. The van der Waals surface area contributed by atoms with Crippen LogP contribution in [-0.4, -0.2) is 28.8 Å². The van der Waals surface area contributed by atoms with Crippen molar-refractivity contribution < 1.29 is 4.79 Å². The van der Waals surface area contributed by atoms with Gasteiger partial charge >= 0.3 is 0 Å². The van der Waals surface area contributed by atoms with E-state index >= 15 is 0 Å². The first kappa shape index (κ1) is 14.8. The van der Waals surface area contributed by atoms with E-state index in [0.29, 0.717) is 0 Å². The number of aromatic amines is 1. The standard InChI is InChI=1S/C20H18N2O2/c23-19-9-7-15-10-16(6-8-18(15)21-19)20(24)17-12-22(13-17)11-14-4-2-1-3-5-14/h1-10,17H,11-13H2,(H,21,23). The van der Waals surface area contributed by atoms with E-state index < -0.39 is 0 Å². The van der Waals surface area contributed by atoms with Gasteiger partial charge in [-0.1, -0.05) is 30.3 Å². The van der Waals surface area contributed by atoms with Gasteiger partial charge in [0.15, 0.2) is 5.78 Å². The third-order valence-corrected chi connectivity index (χ3v) is 4.59. The van der Waals surface area contributed by atoms with Crippen molar-refractivity contribution in [1.82, 2.24) is 9.88 Å². The molecule has 4 heteroatoms. The monoisotopic (exact) mass is 318 g/mol. The molecule has 1 fully saturated rings. The van der Waals surface area contributed by atoms with Crippen molar-refractivity contribution in [2.75, 3.05) is 13.1 Å². The van der Waals surface area contributed by atoms with E-state index in [2.05, 4.69) is 22.0 Å². The lowest BCUT2D eigenvalue weighted by molar-refractivity contribution is 0.0595. The highest BCUT2D eigenvalue weighted by Gasteiger charge is 2.32. The van der Waals surface area contributed by atoms with Crippen molar-refractivity contribution in [1.29, 1.82) is 0 Å². The maximum Gasteiger partial charge on any atom is 0.248 e. The van der Waals surface area contributed by atoms with Crippen LogP contribution in [0.2, 0.25) is 0 Å². The largest absolute Gasteiger partial charge is 0.322 e. The summed E-state index contributed by atoms with van der Waals surface area (Å²) >= 11 is 0. The Balaban J connectivity index is 1.44.